The van der Waals surface area contributed by atoms with Crippen molar-refractivity contribution in [1.29, 1.82) is 0 Å². The molecule has 5 nitrogen and oxygen atoms in total. The first-order chi connectivity index (χ1) is 7.06. The summed E-state index contributed by atoms with van der Waals surface area (Å²) in [5, 5.41) is 8.89. The quantitative estimate of drug-likeness (QED) is 0.710. The summed E-state index contributed by atoms with van der Waals surface area (Å²) >= 11 is 1.47. The summed E-state index contributed by atoms with van der Waals surface area (Å²) in [5.41, 5.74) is 5.42. The summed E-state index contributed by atoms with van der Waals surface area (Å²) in [6.07, 6.45) is 0.334. The van der Waals surface area contributed by atoms with E-state index in [0.29, 0.717) is 24.6 Å². The van der Waals surface area contributed by atoms with E-state index in [1.807, 2.05) is 6.92 Å². The zero-order valence-corrected chi connectivity index (χ0v) is 9.50. The second-order valence-electron chi connectivity index (χ2n) is 3.76. The van der Waals surface area contributed by atoms with Gasteiger partial charge in [0.15, 0.2) is 0 Å². The molecule has 1 aliphatic rings. The third-order valence-electron chi connectivity index (χ3n) is 2.41. The first-order valence-corrected chi connectivity index (χ1v) is 6.01. The number of aliphatic carboxylic acids is 1. The number of carbonyl (C=O) groups is 2. The average molecular weight is 232 g/mol. The van der Waals surface area contributed by atoms with Crippen molar-refractivity contribution in [3.8, 4) is 0 Å². The summed E-state index contributed by atoms with van der Waals surface area (Å²) in [4.78, 5) is 24.0. The van der Waals surface area contributed by atoms with Gasteiger partial charge in [-0.1, -0.05) is 6.92 Å². The molecule has 1 rings (SSSR count). The van der Waals surface area contributed by atoms with Gasteiger partial charge in [-0.3, -0.25) is 4.79 Å². The van der Waals surface area contributed by atoms with Crippen LogP contribution in [0.25, 0.3) is 0 Å². The molecule has 6 heteroatoms. The maximum Gasteiger partial charge on any atom is 0.327 e. The van der Waals surface area contributed by atoms with E-state index in [1.54, 1.807) is 0 Å². The monoisotopic (exact) mass is 232 g/mol. The number of amides is 1. The van der Waals surface area contributed by atoms with Crippen molar-refractivity contribution in [3.05, 3.63) is 0 Å². The molecule has 0 aliphatic carbocycles. The van der Waals surface area contributed by atoms with E-state index in [0.717, 1.165) is 0 Å². The Kier molecular flexibility index (Phi) is 4.41. The molecule has 0 radical (unpaired) electrons. The number of carbonyl (C=O) groups excluding carboxylic acids is 1. The Morgan fingerprint density at radius 3 is 2.87 bits per heavy atom. The highest BCUT2D eigenvalue weighted by atomic mass is 32.2. The van der Waals surface area contributed by atoms with Gasteiger partial charge >= 0.3 is 5.97 Å². The summed E-state index contributed by atoms with van der Waals surface area (Å²) in [6.45, 7) is 2.33. The minimum atomic E-state index is -0.922. The molecule has 1 amide bonds. The molecule has 0 saturated carbocycles. The van der Waals surface area contributed by atoms with Crippen molar-refractivity contribution >= 4 is 23.6 Å². The van der Waals surface area contributed by atoms with Crippen molar-refractivity contribution in [2.24, 2.45) is 11.7 Å². The molecule has 0 aromatic carbocycles. The minimum Gasteiger partial charge on any atom is -0.480 e. The molecule has 15 heavy (non-hydrogen) atoms. The van der Waals surface area contributed by atoms with Gasteiger partial charge in [0, 0.05) is 12.2 Å². The number of rotatable bonds is 4. The number of carboxylic acids is 1. The van der Waals surface area contributed by atoms with E-state index in [1.165, 1.54) is 16.7 Å². The maximum atomic E-state index is 11.7. The first kappa shape index (κ1) is 12.3. The summed E-state index contributed by atoms with van der Waals surface area (Å²) in [6, 6.07) is -0.660. The van der Waals surface area contributed by atoms with Crippen LogP contribution in [-0.2, 0) is 9.59 Å². The third kappa shape index (κ3) is 3.10. The molecule has 1 fully saturated rings. The number of carboxylic acid groups (broad SMARTS) is 1. The normalized spacial score (nSPS) is 22.8. The van der Waals surface area contributed by atoms with Crippen molar-refractivity contribution in [1.82, 2.24) is 4.90 Å². The van der Waals surface area contributed by atoms with Crippen LogP contribution in [0, 0.1) is 5.92 Å². The zero-order chi connectivity index (χ0) is 11.4. The Morgan fingerprint density at radius 1 is 1.67 bits per heavy atom. The van der Waals surface area contributed by atoms with Crippen molar-refractivity contribution < 1.29 is 14.7 Å². The highest BCUT2D eigenvalue weighted by Gasteiger charge is 2.34. The van der Waals surface area contributed by atoms with Gasteiger partial charge in [-0.05, 0) is 12.5 Å². The SMILES string of the molecule is CC(CN)CC(=O)N1CSCC1C(=O)O. The lowest BCUT2D eigenvalue weighted by Gasteiger charge is -2.21. The average Bonchev–Trinajstić information content (AvgIpc) is 2.65. The molecule has 86 valence electrons. The largest absolute Gasteiger partial charge is 0.480 e. The van der Waals surface area contributed by atoms with Gasteiger partial charge in [0.05, 0.1) is 5.88 Å². The Morgan fingerprint density at radius 2 is 2.33 bits per heavy atom. The van der Waals surface area contributed by atoms with Gasteiger partial charge in [0.25, 0.3) is 0 Å². The van der Waals surface area contributed by atoms with Crippen LogP contribution in [0.5, 0.6) is 0 Å². The Labute approximate surface area is 93.0 Å². The predicted octanol–water partition coefficient (Wildman–Crippen LogP) is -0.0426. The highest BCUT2D eigenvalue weighted by Crippen LogP contribution is 2.22. The number of nitrogens with two attached hydrogens (primary N) is 1. The third-order valence-corrected chi connectivity index (χ3v) is 3.43. The van der Waals surface area contributed by atoms with E-state index in [4.69, 9.17) is 10.8 Å². The molecule has 1 heterocycles. The fourth-order valence-corrected chi connectivity index (χ4v) is 2.56. The lowest BCUT2D eigenvalue weighted by molar-refractivity contribution is -0.148. The van der Waals surface area contributed by atoms with Gasteiger partial charge in [-0.15, -0.1) is 11.8 Å². The fourth-order valence-electron chi connectivity index (χ4n) is 1.39. The maximum absolute atomic E-state index is 11.7. The van der Waals surface area contributed by atoms with Gasteiger partial charge in [-0.2, -0.15) is 0 Å². The van der Waals surface area contributed by atoms with E-state index >= 15 is 0 Å². The van der Waals surface area contributed by atoms with Crippen molar-refractivity contribution in [2.75, 3.05) is 18.2 Å². The van der Waals surface area contributed by atoms with Crippen LogP contribution >= 0.6 is 11.8 Å². The lowest BCUT2D eigenvalue weighted by atomic mass is 10.1. The lowest BCUT2D eigenvalue weighted by Crippen LogP contribution is -2.42. The fraction of sp³-hybridized carbons (Fsp3) is 0.778. The topological polar surface area (TPSA) is 83.6 Å². The van der Waals surface area contributed by atoms with Crippen molar-refractivity contribution in [2.45, 2.75) is 19.4 Å². The zero-order valence-electron chi connectivity index (χ0n) is 8.68. The standard InChI is InChI=1S/C9H16N2O3S/c1-6(3-10)2-8(12)11-5-15-4-7(11)9(13)14/h6-7H,2-5,10H2,1H3,(H,13,14). The Balaban J connectivity index is 2.55. The van der Waals surface area contributed by atoms with Gasteiger partial charge in [0.1, 0.15) is 6.04 Å². The van der Waals surface area contributed by atoms with Crippen LogP contribution in [0.4, 0.5) is 0 Å². The molecular weight excluding hydrogens is 216 g/mol. The molecule has 3 N–H and O–H groups in total. The van der Waals surface area contributed by atoms with Crippen LogP contribution in [0.15, 0.2) is 0 Å². The first-order valence-electron chi connectivity index (χ1n) is 4.86. The smallest absolute Gasteiger partial charge is 0.327 e. The number of hydrogen-bond donors (Lipinski definition) is 2. The molecule has 0 aromatic rings. The van der Waals surface area contributed by atoms with E-state index < -0.39 is 12.0 Å². The Hall–Kier alpha value is -0.750. The second kappa shape index (κ2) is 5.37. The van der Waals surface area contributed by atoms with Crippen LogP contribution in [0.2, 0.25) is 0 Å². The molecule has 0 aromatic heterocycles. The molecule has 0 spiro atoms. The molecular formula is C9H16N2O3S. The van der Waals surface area contributed by atoms with Gasteiger partial charge in [-0.25, -0.2) is 4.79 Å². The van der Waals surface area contributed by atoms with E-state index in [2.05, 4.69) is 0 Å². The number of nitrogens with zero attached hydrogens (tertiary/aromatic N) is 1. The molecule has 0 bridgehead atoms. The number of hydrogen-bond acceptors (Lipinski definition) is 4. The molecule has 1 aliphatic heterocycles. The van der Waals surface area contributed by atoms with Crippen LogP contribution < -0.4 is 5.73 Å². The Bertz CT molecular complexity index is 260. The van der Waals surface area contributed by atoms with Crippen LogP contribution in [0.1, 0.15) is 13.3 Å². The highest BCUT2D eigenvalue weighted by molar-refractivity contribution is 7.99. The molecule has 1 saturated heterocycles. The van der Waals surface area contributed by atoms with Crippen molar-refractivity contribution in [3.63, 3.8) is 0 Å². The molecule has 2 atom stereocenters. The van der Waals surface area contributed by atoms with E-state index in [9.17, 15) is 9.59 Å². The summed E-state index contributed by atoms with van der Waals surface area (Å²) in [5.74, 6) is 0.0437. The minimum absolute atomic E-state index is 0.106. The van der Waals surface area contributed by atoms with Crippen LogP contribution in [0.3, 0.4) is 0 Å². The summed E-state index contributed by atoms with van der Waals surface area (Å²) < 4.78 is 0. The van der Waals surface area contributed by atoms with E-state index in [-0.39, 0.29) is 11.8 Å². The number of thioether (sulfide) groups is 1. The van der Waals surface area contributed by atoms with Gasteiger partial charge in [0.2, 0.25) is 5.91 Å². The summed E-state index contributed by atoms with van der Waals surface area (Å²) in [7, 11) is 0. The molecule has 2 unspecified atom stereocenters. The van der Waals surface area contributed by atoms with Gasteiger partial charge < -0.3 is 15.7 Å². The second-order valence-corrected chi connectivity index (χ2v) is 4.76. The van der Waals surface area contributed by atoms with Crippen LogP contribution in [-0.4, -0.2) is 46.1 Å². The predicted molar refractivity (Wildman–Crippen MR) is 58.4 cm³/mol.